The molecular weight excluding hydrogens is 349 g/mol. The van der Waals surface area contributed by atoms with E-state index in [4.69, 9.17) is 5.11 Å². The normalized spacial score (nSPS) is 16.2. The van der Waals surface area contributed by atoms with Crippen LogP contribution in [-0.4, -0.2) is 54.5 Å². The summed E-state index contributed by atoms with van der Waals surface area (Å²) < 4.78 is 41.9. The second-order valence-corrected chi connectivity index (χ2v) is 7.76. The minimum absolute atomic E-state index is 0.0493. The van der Waals surface area contributed by atoms with E-state index in [1.165, 1.54) is 28.2 Å². The summed E-state index contributed by atoms with van der Waals surface area (Å²) in [7, 11) is -2.30. The lowest BCUT2D eigenvalue weighted by molar-refractivity contribution is 0.0686. The van der Waals surface area contributed by atoms with Crippen molar-refractivity contribution in [2.45, 2.75) is 4.90 Å². The molecule has 0 bridgehead atoms. The molecular formula is C16H18FN3O4S. The number of aromatic carboxylic acids is 1. The van der Waals surface area contributed by atoms with Gasteiger partial charge in [0.2, 0.25) is 10.0 Å². The van der Waals surface area contributed by atoms with Gasteiger partial charge in [-0.15, -0.1) is 0 Å². The van der Waals surface area contributed by atoms with Gasteiger partial charge in [0, 0.05) is 39.4 Å². The number of benzene rings is 1. The van der Waals surface area contributed by atoms with Gasteiger partial charge in [-0.05, 0) is 18.2 Å². The summed E-state index contributed by atoms with van der Waals surface area (Å²) in [4.78, 5) is 12.8. The number of hydrogen-bond donors (Lipinski definition) is 1. The Morgan fingerprint density at radius 3 is 2.36 bits per heavy atom. The number of aromatic nitrogens is 1. The van der Waals surface area contributed by atoms with Crippen molar-refractivity contribution in [2.24, 2.45) is 7.05 Å². The van der Waals surface area contributed by atoms with Crippen LogP contribution in [0, 0.1) is 5.82 Å². The fraction of sp³-hybridized carbons (Fsp3) is 0.312. The van der Waals surface area contributed by atoms with Crippen LogP contribution in [0.4, 0.5) is 10.1 Å². The molecule has 1 N–H and O–H groups in total. The zero-order chi connectivity index (χ0) is 18.2. The number of anilines is 1. The van der Waals surface area contributed by atoms with Gasteiger partial charge < -0.3 is 14.6 Å². The molecule has 3 rings (SSSR count). The summed E-state index contributed by atoms with van der Waals surface area (Å²) in [6.07, 6.45) is 1.29. The van der Waals surface area contributed by atoms with Crippen molar-refractivity contribution in [1.29, 1.82) is 0 Å². The topological polar surface area (TPSA) is 82.9 Å². The third kappa shape index (κ3) is 3.24. The molecule has 0 aliphatic carbocycles. The molecule has 9 heteroatoms. The Labute approximate surface area is 144 Å². The number of nitrogens with zero attached hydrogens (tertiary/aromatic N) is 3. The molecule has 1 aliphatic rings. The first-order chi connectivity index (χ1) is 11.8. The Morgan fingerprint density at radius 2 is 1.80 bits per heavy atom. The molecule has 0 spiro atoms. The highest BCUT2D eigenvalue weighted by molar-refractivity contribution is 7.89. The van der Waals surface area contributed by atoms with E-state index in [1.54, 1.807) is 23.1 Å². The first-order valence-corrected chi connectivity index (χ1v) is 9.14. The van der Waals surface area contributed by atoms with Gasteiger partial charge in [0.15, 0.2) is 0 Å². The van der Waals surface area contributed by atoms with Gasteiger partial charge in [0.25, 0.3) is 0 Å². The van der Waals surface area contributed by atoms with E-state index in [-0.39, 0.29) is 29.5 Å². The van der Waals surface area contributed by atoms with Crippen molar-refractivity contribution < 1.29 is 22.7 Å². The predicted molar refractivity (Wildman–Crippen MR) is 89.7 cm³/mol. The monoisotopic (exact) mass is 367 g/mol. The molecule has 7 nitrogen and oxygen atoms in total. The molecule has 1 aliphatic heterocycles. The lowest BCUT2D eigenvalue weighted by Crippen LogP contribution is -2.48. The van der Waals surface area contributed by atoms with Crippen molar-refractivity contribution >= 4 is 21.7 Å². The van der Waals surface area contributed by atoms with E-state index in [1.807, 2.05) is 0 Å². The van der Waals surface area contributed by atoms with E-state index < -0.39 is 16.0 Å². The summed E-state index contributed by atoms with van der Waals surface area (Å²) in [5.41, 5.74) is 0.357. The van der Waals surface area contributed by atoms with Gasteiger partial charge in [-0.3, -0.25) is 0 Å². The predicted octanol–water partition coefficient (Wildman–Crippen LogP) is 1.37. The number of rotatable bonds is 4. The number of carboxylic acid groups (broad SMARTS) is 1. The minimum Gasteiger partial charge on any atom is -0.477 e. The molecule has 1 fully saturated rings. The average molecular weight is 367 g/mol. The van der Waals surface area contributed by atoms with Crippen LogP contribution in [0.3, 0.4) is 0 Å². The number of hydrogen-bond acceptors (Lipinski definition) is 4. The zero-order valence-corrected chi connectivity index (χ0v) is 14.4. The van der Waals surface area contributed by atoms with E-state index in [9.17, 15) is 17.6 Å². The van der Waals surface area contributed by atoms with E-state index in [2.05, 4.69) is 0 Å². The van der Waals surface area contributed by atoms with E-state index in [0.717, 1.165) is 6.07 Å². The van der Waals surface area contributed by atoms with Gasteiger partial charge in [0.1, 0.15) is 16.4 Å². The summed E-state index contributed by atoms with van der Waals surface area (Å²) in [5.74, 6) is -1.53. The minimum atomic E-state index is -3.78. The number of piperazine rings is 1. The molecule has 134 valence electrons. The summed E-state index contributed by atoms with van der Waals surface area (Å²) >= 11 is 0. The van der Waals surface area contributed by atoms with Crippen molar-refractivity contribution in [3.05, 3.63) is 48.0 Å². The second-order valence-electron chi connectivity index (χ2n) is 5.82. The third-order valence-corrected chi connectivity index (χ3v) is 6.13. The largest absolute Gasteiger partial charge is 0.477 e. The van der Waals surface area contributed by atoms with Crippen molar-refractivity contribution in [3.8, 4) is 0 Å². The quantitative estimate of drug-likeness (QED) is 0.883. The van der Waals surface area contributed by atoms with Crippen molar-refractivity contribution in [3.63, 3.8) is 0 Å². The Hall–Kier alpha value is -2.39. The maximum absolute atomic E-state index is 13.9. The number of carboxylic acids is 1. The molecule has 0 amide bonds. The lowest BCUT2D eigenvalue weighted by atomic mass is 10.2. The van der Waals surface area contributed by atoms with Crippen molar-refractivity contribution in [2.75, 3.05) is 31.1 Å². The Kier molecular flexibility index (Phi) is 4.53. The molecule has 0 unspecified atom stereocenters. The fourth-order valence-corrected chi connectivity index (χ4v) is 4.41. The van der Waals surface area contributed by atoms with Crippen LogP contribution in [0.25, 0.3) is 0 Å². The van der Waals surface area contributed by atoms with Crippen LogP contribution in [0.15, 0.2) is 41.4 Å². The average Bonchev–Trinajstić information content (AvgIpc) is 2.98. The maximum atomic E-state index is 13.9. The molecule has 0 saturated carbocycles. The lowest BCUT2D eigenvalue weighted by Gasteiger charge is -2.35. The van der Waals surface area contributed by atoms with Crippen molar-refractivity contribution in [1.82, 2.24) is 8.87 Å². The van der Waals surface area contributed by atoms with Crippen LogP contribution >= 0.6 is 0 Å². The summed E-state index contributed by atoms with van der Waals surface area (Å²) in [5, 5.41) is 9.07. The Bertz CT molecular complexity index is 902. The molecule has 1 aromatic carbocycles. The highest BCUT2D eigenvalue weighted by Crippen LogP contribution is 2.24. The molecule has 25 heavy (non-hydrogen) atoms. The molecule has 2 heterocycles. The zero-order valence-electron chi connectivity index (χ0n) is 13.6. The SMILES string of the molecule is Cn1cc(S(=O)(=O)N2CCN(c3ccccc3F)CC2)cc1C(=O)O. The van der Waals surface area contributed by atoms with Gasteiger partial charge in [-0.1, -0.05) is 12.1 Å². The number of carbonyl (C=O) groups is 1. The standard InChI is InChI=1S/C16H18FN3O4S/c1-18-11-12(10-15(18)16(21)22)25(23,24)20-8-6-19(7-9-20)14-5-3-2-4-13(14)17/h2-5,10-11H,6-9H2,1H3,(H,21,22). The molecule has 2 aromatic rings. The van der Waals surface area contributed by atoms with Gasteiger partial charge in [0.05, 0.1) is 5.69 Å². The molecule has 1 aromatic heterocycles. The van der Waals surface area contributed by atoms with Crippen LogP contribution in [0.1, 0.15) is 10.5 Å². The van der Waals surface area contributed by atoms with Crippen LogP contribution in [-0.2, 0) is 17.1 Å². The fourth-order valence-electron chi connectivity index (χ4n) is 2.91. The smallest absolute Gasteiger partial charge is 0.352 e. The van der Waals surface area contributed by atoms with Gasteiger partial charge in [-0.2, -0.15) is 4.31 Å². The number of para-hydroxylation sites is 1. The van der Waals surface area contributed by atoms with Crippen LogP contribution in [0.5, 0.6) is 0 Å². The van der Waals surface area contributed by atoms with Crippen LogP contribution < -0.4 is 4.90 Å². The number of halogens is 1. The molecule has 1 saturated heterocycles. The first-order valence-electron chi connectivity index (χ1n) is 7.70. The van der Waals surface area contributed by atoms with Crippen LogP contribution in [0.2, 0.25) is 0 Å². The van der Waals surface area contributed by atoms with E-state index in [0.29, 0.717) is 18.8 Å². The Balaban J connectivity index is 1.77. The number of sulfonamides is 1. The number of aryl methyl sites for hydroxylation is 1. The highest BCUT2D eigenvalue weighted by Gasteiger charge is 2.31. The molecule has 0 atom stereocenters. The summed E-state index contributed by atoms with van der Waals surface area (Å²) in [6.45, 7) is 1.12. The molecule has 0 radical (unpaired) electrons. The highest BCUT2D eigenvalue weighted by atomic mass is 32.2. The Morgan fingerprint density at radius 1 is 1.16 bits per heavy atom. The third-order valence-electron chi connectivity index (χ3n) is 4.27. The van der Waals surface area contributed by atoms with E-state index >= 15 is 0 Å². The van der Waals surface area contributed by atoms with Gasteiger partial charge in [-0.25, -0.2) is 17.6 Å². The second kappa shape index (κ2) is 6.49. The first kappa shape index (κ1) is 17.4. The summed E-state index contributed by atoms with van der Waals surface area (Å²) in [6, 6.07) is 7.53. The van der Waals surface area contributed by atoms with Gasteiger partial charge >= 0.3 is 5.97 Å². The maximum Gasteiger partial charge on any atom is 0.352 e.